The summed E-state index contributed by atoms with van der Waals surface area (Å²) in [4.78, 5) is 30.9. The first-order chi connectivity index (χ1) is 13.0. The van der Waals surface area contributed by atoms with Crippen molar-refractivity contribution in [2.24, 2.45) is 0 Å². The second-order valence-electron chi connectivity index (χ2n) is 5.95. The summed E-state index contributed by atoms with van der Waals surface area (Å²) in [6.07, 6.45) is 0.641. The van der Waals surface area contributed by atoms with E-state index >= 15 is 0 Å². The number of amides is 2. The van der Waals surface area contributed by atoms with Gasteiger partial charge >= 0.3 is 0 Å². The van der Waals surface area contributed by atoms with Gasteiger partial charge in [0.25, 0.3) is 0 Å². The number of nitrogens with one attached hydrogen (secondary N) is 3. The first-order valence-electron chi connectivity index (χ1n) is 8.36. The fraction of sp³-hybridized carbons (Fsp3) is 0.211. The van der Waals surface area contributed by atoms with Gasteiger partial charge in [-0.15, -0.1) is 0 Å². The first kappa shape index (κ1) is 18.5. The van der Waals surface area contributed by atoms with Crippen LogP contribution in [0.1, 0.15) is 12.2 Å². The number of aryl methyl sites for hydroxylation is 1. The second-order valence-corrected chi connectivity index (χ2v) is 5.95. The summed E-state index contributed by atoms with van der Waals surface area (Å²) < 4.78 is 17.9. The Hall–Kier alpha value is -3.26. The number of aromatic amines is 1. The number of benzene rings is 2. The van der Waals surface area contributed by atoms with Crippen LogP contribution in [0.4, 0.5) is 15.8 Å². The quantitative estimate of drug-likeness (QED) is 0.596. The van der Waals surface area contributed by atoms with Crippen LogP contribution in [0.2, 0.25) is 0 Å². The molecule has 140 valence electrons. The summed E-state index contributed by atoms with van der Waals surface area (Å²) in [6, 6.07) is 11.1. The maximum absolute atomic E-state index is 13.2. The van der Waals surface area contributed by atoms with E-state index in [1.165, 1.54) is 19.2 Å². The minimum atomic E-state index is -0.336. The van der Waals surface area contributed by atoms with E-state index in [-0.39, 0.29) is 30.7 Å². The van der Waals surface area contributed by atoms with Crippen LogP contribution < -0.4 is 10.6 Å². The number of imidazole rings is 1. The van der Waals surface area contributed by atoms with Gasteiger partial charge in [0.05, 0.1) is 11.0 Å². The highest BCUT2D eigenvalue weighted by Crippen LogP contribution is 2.16. The zero-order valence-corrected chi connectivity index (χ0v) is 14.7. The molecular weight excluding hydrogens is 351 g/mol. The number of H-pyrrole nitrogens is 1. The summed E-state index contributed by atoms with van der Waals surface area (Å²) in [5.41, 5.74) is 2.51. The molecule has 0 bridgehead atoms. The standard InChI is InChI=1S/C19H19FN4O3/c1-27-11-19(26)22-14-5-3-13(4-6-14)21-18(25)9-8-17-23-15-7-2-12(20)10-16(15)24-17/h2-7,10H,8-9,11H2,1H3,(H,21,25)(H,22,26)(H,23,24). The molecule has 2 aromatic carbocycles. The van der Waals surface area contributed by atoms with E-state index in [1.807, 2.05) is 0 Å². The number of methoxy groups -OCH3 is 1. The topological polar surface area (TPSA) is 96.1 Å². The molecule has 0 spiro atoms. The highest BCUT2D eigenvalue weighted by atomic mass is 19.1. The van der Waals surface area contributed by atoms with Gasteiger partial charge in [-0.05, 0) is 42.5 Å². The molecule has 0 saturated heterocycles. The van der Waals surface area contributed by atoms with E-state index in [4.69, 9.17) is 4.74 Å². The lowest BCUT2D eigenvalue weighted by Gasteiger charge is -2.07. The zero-order valence-electron chi connectivity index (χ0n) is 14.7. The number of carbonyl (C=O) groups is 2. The molecule has 27 heavy (non-hydrogen) atoms. The van der Waals surface area contributed by atoms with Gasteiger partial charge < -0.3 is 20.4 Å². The number of halogens is 1. The van der Waals surface area contributed by atoms with Gasteiger partial charge in [-0.1, -0.05) is 0 Å². The van der Waals surface area contributed by atoms with E-state index in [2.05, 4.69) is 20.6 Å². The van der Waals surface area contributed by atoms with Crippen molar-refractivity contribution in [1.82, 2.24) is 9.97 Å². The van der Waals surface area contributed by atoms with Crippen LogP contribution in [0.5, 0.6) is 0 Å². The number of hydrogen-bond acceptors (Lipinski definition) is 4. The molecule has 7 nitrogen and oxygen atoms in total. The molecule has 1 heterocycles. The Balaban J connectivity index is 1.51. The average molecular weight is 370 g/mol. The number of ether oxygens (including phenoxy) is 1. The van der Waals surface area contributed by atoms with Crippen molar-refractivity contribution in [3.05, 3.63) is 54.1 Å². The number of anilines is 2. The van der Waals surface area contributed by atoms with Crippen LogP contribution in [0.3, 0.4) is 0 Å². The van der Waals surface area contributed by atoms with Crippen molar-refractivity contribution < 1.29 is 18.7 Å². The summed E-state index contributed by atoms with van der Waals surface area (Å²) >= 11 is 0. The molecule has 0 atom stereocenters. The van der Waals surface area contributed by atoms with E-state index in [0.29, 0.717) is 34.7 Å². The molecule has 3 aromatic rings. The smallest absolute Gasteiger partial charge is 0.250 e. The molecule has 0 radical (unpaired) electrons. The maximum atomic E-state index is 13.2. The van der Waals surface area contributed by atoms with Crippen molar-refractivity contribution in [1.29, 1.82) is 0 Å². The third-order valence-electron chi connectivity index (χ3n) is 3.81. The van der Waals surface area contributed by atoms with E-state index in [1.54, 1.807) is 30.3 Å². The van der Waals surface area contributed by atoms with Gasteiger partial charge in [-0.2, -0.15) is 0 Å². The third-order valence-corrected chi connectivity index (χ3v) is 3.81. The first-order valence-corrected chi connectivity index (χ1v) is 8.36. The Morgan fingerprint density at radius 1 is 1.07 bits per heavy atom. The molecule has 0 aliphatic carbocycles. The van der Waals surface area contributed by atoms with Gasteiger partial charge in [0, 0.05) is 31.3 Å². The van der Waals surface area contributed by atoms with E-state index < -0.39 is 0 Å². The van der Waals surface area contributed by atoms with Crippen molar-refractivity contribution in [3.63, 3.8) is 0 Å². The predicted molar refractivity (Wildman–Crippen MR) is 100.0 cm³/mol. The number of aromatic nitrogens is 2. The van der Waals surface area contributed by atoms with Crippen molar-refractivity contribution in [3.8, 4) is 0 Å². The van der Waals surface area contributed by atoms with Crippen LogP contribution in [-0.2, 0) is 20.7 Å². The molecule has 3 rings (SSSR count). The Bertz CT molecular complexity index is 953. The minimum absolute atomic E-state index is 0.0209. The SMILES string of the molecule is COCC(=O)Nc1ccc(NC(=O)CCc2nc3ccc(F)cc3[nH]2)cc1. The molecule has 0 aliphatic rings. The number of carbonyl (C=O) groups excluding carboxylic acids is 2. The lowest BCUT2D eigenvalue weighted by molar-refractivity contribution is -0.119. The van der Waals surface area contributed by atoms with Crippen LogP contribution >= 0.6 is 0 Å². The summed E-state index contributed by atoms with van der Waals surface area (Å²) in [6.45, 7) is -0.0209. The lowest BCUT2D eigenvalue weighted by Crippen LogP contribution is -2.17. The number of hydrogen-bond donors (Lipinski definition) is 3. The van der Waals surface area contributed by atoms with Crippen molar-refractivity contribution in [2.75, 3.05) is 24.4 Å². The molecule has 0 fully saturated rings. The highest BCUT2D eigenvalue weighted by molar-refractivity contribution is 5.93. The fourth-order valence-electron chi connectivity index (χ4n) is 2.57. The largest absolute Gasteiger partial charge is 0.375 e. The van der Waals surface area contributed by atoms with Gasteiger partial charge in [0.15, 0.2) is 0 Å². The van der Waals surface area contributed by atoms with Crippen LogP contribution in [0.25, 0.3) is 11.0 Å². The van der Waals surface area contributed by atoms with Gasteiger partial charge in [-0.25, -0.2) is 9.37 Å². The number of fused-ring (bicyclic) bond motifs is 1. The van der Waals surface area contributed by atoms with Crippen LogP contribution in [-0.4, -0.2) is 35.5 Å². The Labute approximate surface area is 154 Å². The van der Waals surface area contributed by atoms with Crippen molar-refractivity contribution >= 4 is 34.2 Å². The van der Waals surface area contributed by atoms with Gasteiger partial charge in [0.1, 0.15) is 18.2 Å². The Morgan fingerprint density at radius 2 is 1.74 bits per heavy atom. The molecule has 8 heteroatoms. The Kier molecular flexibility index (Phi) is 5.77. The summed E-state index contributed by atoms with van der Waals surface area (Å²) in [7, 11) is 1.45. The van der Waals surface area contributed by atoms with Crippen LogP contribution in [0, 0.1) is 5.82 Å². The average Bonchev–Trinajstić information content (AvgIpc) is 3.04. The number of nitrogens with zero attached hydrogens (tertiary/aromatic N) is 1. The molecule has 3 N–H and O–H groups in total. The molecular formula is C19H19FN4O3. The van der Waals surface area contributed by atoms with E-state index in [9.17, 15) is 14.0 Å². The molecule has 0 aliphatic heterocycles. The predicted octanol–water partition coefficient (Wildman–Crippen LogP) is 2.86. The fourth-order valence-corrected chi connectivity index (χ4v) is 2.57. The minimum Gasteiger partial charge on any atom is -0.375 e. The molecule has 1 aromatic heterocycles. The summed E-state index contributed by atoms with van der Waals surface area (Å²) in [5.74, 6) is -0.128. The molecule has 0 unspecified atom stereocenters. The van der Waals surface area contributed by atoms with Gasteiger partial charge in [-0.3, -0.25) is 9.59 Å². The molecule has 0 saturated carbocycles. The van der Waals surface area contributed by atoms with Gasteiger partial charge in [0.2, 0.25) is 11.8 Å². The monoisotopic (exact) mass is 370 g/mol. The summed E-state index contributed by atoms with van der Waals surface area (Å²) in [5, 5.41) is 5.45. The maximum Gasteiger partial charge on any atom is 0.250 e. The Morgan fingerprint density at radius 3 is 2.41 bits per heavy atom. The normalized spacial score (nSPS) is 10.7. The van der Waals surface area contributed by atoms with Crippen molar-refractivity contribution in [2.45, 2.75) is 12.8 Å². The zero-order chi connectivity index (χ0) is 19.2. The third kappa shape index (κ3) is 5.11. The molecule has 2 amide bonds. The second kappa shape index (κ2) is 8.41. The lowest BCUT2D eigenvalue weighted by atomic mass is 10.2. The van der Waals surface area contributed by atoms with E-state index in [0.717, 1.165) is 0 Å². The number of rotatable bonds is 7. The van der Waals surface area contributed by atoms with Crippen LogP contribution in [0.15, 0.2) is 42.5 Å². The highest BCUT2D eigenvalue weighted by Gasteiger charge is 2.08.